The summed E-state index contributed by atoms with van der Waals surface area (Å²) in [4.78, 5) is 28.8. The van der Waals surface area contributed by atoms with Crippen LogP contribution in [0.4, 0.5) is 10.1 Å². The number of halogens is 1. The summed E-state index contributed by atoms with van der Waals surface area (Å²) in [5.74, 6) is -1.20. The first-order valence-electron chi connectivity index (χ1n) is 8.25. The molecule has 2 heterocycles. The number of anilines is 1. The summed E-state index contributed by atoms with van der Waals surface area (Å²) in [6, 6.07) is 4.08. The Hall–Kier alpha value is -2.28. The highest BCUT2D eigenvalue weighted by atomic mass is 32.1. The highest BCUT2D eigenvalue weighted by molar-refractivity contribution is 7.09. The van der Waals surface area contributed by atoms with Gasteiger partial charge in [0.05, 0.1) is 16.6 Å². The summed E-state index contributed by atoms with van der Waals surface area (Å²) in [6.07, 6.45) is 0.653. The number of hydrogen-bond acceptors (Lipinski definition) is 4. The van der Waals surface area contributed by atoms with Crippen molar-refractivity contribution in [1.82, 2.24) is 10.3 Å². The largest absolute Gasteiger partial charge is 0.355 e. The minimum Gasteiger partial charge on any atom is -0.355 e. The van der Waals surface area contributed by atoms with Gasteiger partial charge in [0.2, 0.25) is 11.8 Å². The number of fused-ring (bicyclic) bond motifs is 1. The third kappa shape index (κ3) is 4.04. The highest BCUT2D eigenvalue weighted by Gasteiger charge is 2.30. The van der Waals surface area contributed by atoms with E-state index in [1.807, 2.05) is 5.38 Å². The number of benzene rings is 1. The van der Waals surface area contributed by atoms with Crippen LogP contribution in [0.5, 0.6) is 0 Å². The summed E-state index contributed by atoms with van der Waals surface area (Å²) in [5.41, 5.74) is 1.97. The van der Waals surface area contributed by atoms with Gasteiger partial charge in [-0.2, -0.15) is 0 Å². The maximum atomic E-state index is 13.5. The van der Waals surface area contributed by atoms with Gasteiger partial charge in [-0.15, -0.1) is 11.3 Å². The van der Waals surface area contributed by atoms with Crippen LogP contribution < -0.4 is 10.6 Å². The maximum absolute atomic E-state index is 13.5. The molecule has 7 heteroatoms. The summed E-state index contributed by atoms with van der Waals surface area (Å²) in [5, 5.41) is 8.60. The first-order valence-corrected chi connectivity index (χ1v) is 9.13. The second-order valence-electron chi connectivity index (χ2n) is 6.41. The average molecular weight is 361 g/mol. The van der Waals surface area contributed by atoms with Crippen LogP contribution in [0.3, 0.4) is 0 Å². The molecule has 1 atom stereocenters. The number of rotatable bonds is 5. The fourth-order valence-electron chi connectivity index (χ4n) is 2.81. The molecule has 1 aliphatic heterocycles. The second kappa shape index (κ2) is 7.31. The number of hydrogen-bond donors (Lipinski definition) is 2. The van der Waals surface area contributed by atoms with Gasteiger partial charge in [0.15, 0.2) is 0 Å². The van der Waals surface area contributed by atoms with Crippen LogP contribution >= 0.6 is 11.3 Å². The molecule has 1 aromatic carbocycles. The molecule has 1 aliphatic rings. The van der Waals surface area contributed by atoms with Crippen molar-refractivity contribution in [2.24, 2.45) is 0 Å². The molecule has 2 N–H and O–H groups in total. The van der Waals surface area contributed by atoms with Crippen molar-refractivity contribution < 1.29 is 14.0 Å². The van der Waals surface area contributed by atoms with Gasteiger partial charge < -0.3 is 10.6 Å². The third-order valence-corrected chi connectivity index (χ3v) is 5.31. The normalized spacial score (nSPS) is 16.5. The van der Waals surface area contributed by atoms with E-state index in [-0.39, 0.29) is 18.2 Å². The topological polar surface area (TPSA) is 71.1 Å². The molecular formula is C18H20FN3O2S. The highest BCUT2D eigenvalue weighted by Crippen LogP contribution is 2.32. The molecule has 0 radical (unpaired) electrons. The number of amides is 2. The predicted octanol–water partition coefficient (Wildman–Crippen LogP) is 3.19. The van der Waals surface area contributed by atoms with Gasteiger partial charge in [0.1, 0.15) is 5.82 Å². The average Bonchev–Trinajstić information content (AvgIpc) is 3.03. The Bertz CT molecular complexity index is 803. The van der Waals surface area contributed by atoms with Gasteiger partial charge in [-0.1, -0.05) is 13.8 Å². The van der Waals surface area contributed by atoms with E-state index < -0.39 is 11.7 Å². The van der Waals surface area contributed by atoms with Crippen molar-refractivity contribution in [3.8, 4) is 0 Å². The lowest BCUT2D eigenvalue weighted by Gasteiger charge is -2.24. The molecule has 25 heavy (non-hydrogen) atoms. The molecule has 2 aromatic rings. The zero-order chi connectivity index (χ0) is 18.0. The van der Waals surface area contributed by atoms with E-state index in [2.05, 4.69) is 29.5 Å². The van der Waals surface area contributed by atoms with E-state index in [1.54, 1.807) is 11.3 Å². The van der Waals surface area contributed by atoms with Crippen LogP contribution in [0.2, 0.25) is 0 Å². The molecule has 0 fully saturated rings. The summed E-state index contributed by atoms with van der Waals surface area (Å²) in [6.45, 7) is 4.62. The molecule has 5 nitrogen and oxygen atoms in total. The summed E-state index contributed by atoms with van der Waals surface area (Å²) >= 11 is 1.62. The molecule has 0 saturated carbocycles. The Kier molecular flexibility index (Phi) is 5.13. The zero-order valence-electron chi connectivity index (χ0n) is 14.1. The van der Waals surface area contributed by atoms with Crippen LogP contribution in [-0.2, 0) is 16.0 Å². The van der Waals surface area contributed by atoms with Gasteiger partial charge in [0.25, 0.3) is 0 Å². The van der Waals surface area contributed by atoms with Crippen LogP contribution in [0.15, 0.2) is 23.6 Å². The van der Waals surface area contributed by atoms with E-state index in [1.165, 1.54) is 18.2 Å². The number of aromatic nitrogens is 1. The molecule has 0 aliphatic carbocycles. The Labute approximate surface area is 149 Å². The van der Waals surface area contributed by atoms with Crippen LogP contribution in [-0.4, -0.2) is 23.3 Å². The quantitative estimate of drug-likeness (QED) is 0.859. The van der Waals surface area contributed by atoms with Crippen molar-refractivity contribution in [3.05, 3.63) is 45.7 Å². The first-order chi connectivity index (χ1) is 11.9. The van der Waals surface area contributed by atoms with Crippen molar-refractivity contribution in [1.29, 1.82) is 0 Å². The second-order valence-corrected chi connectivity index (χ2v) is 7.30. The van der Waals surface area contributed by atoms with Gasteiger partial charge in [-0.05, 0) is 23.8 Å². The third-order valence-electron chi connectivity index (χ3n) is 4.11. The van der Waals surface area contributed by atoms with Crippen molar-refractivity contribution >= 4 is 28.8 Å². The van der Waals surface area contributed by atoms with E-state index >= 15 is 0 Å². The SMILES string of the molecule is CC(C)c1nc(CCNC(=O)[C@H]2CC(=O)Nc3ccc(F)cc32)cs1. The van der Waals surface area contributed by atoms with Crippen LogP contribution in [0.1, 0.15) is 48.4 Å². The van der Waals surface area contributed by atoms with Crippen molar-refractivity contribution in [3.63, 3.8) is 0 Å². The Morgan fingerprint density at radius 3 is 3.00 bits per heavy atom. The smallest absolute Gasteiger partial charge is 0.228 e. The molecule has 0 unspecified atom stereocenters. The van der Waals surface area contributed by atoms with Gasteiger partial charge in [-0.25, -0.2) is 9.37 Å². The zero-order valence-corrected chi connectivity index (χ0v) is 15.0. The lowest BCUT2D eigenvalue weighted by atomic mass is 9.89. The fourth-order valence-corrected chi connectivity index (χ4v) is 3.68. The van der Waals surface area contributed by atoms with Crippen molar-refractivity contribution in [2.45, 2.75) is 38.5 Å². The molecule has 3 rings (SSSR count). The predicted molar refractivity (Wildman–Crippen MR) is 95.3 cm³/mol. The Morgan fingerprint density at radius 1 is 1.48 bits per heavy atom. The molecule has 0 bridgehead atoms. The molecular weight excluding hydrogens is 341 g/mol. The summed E-state index contributed by atoms with van der Waals surface area (Å²) < 4.78 is 13.5. The lowest BCUT2D eigenvalue weighted by molar-refractivity contribution is -0.126. The maximum Gasteiger partial charge on any atom is 0.228 e. The van der Waals surface area contributed by atoms with Gasteiger partial charge in [0, 0.05) is 36.4 Å². The number of nitrogens with zero attached hydrogens (tertiary/aromatic N) is 1. The monoisotopic (exact) mass is 361 g/mol. The van der Waals surface area contributed by atoms with Gasteiger partial charge in [-0.3, -0.25) is 9.59 Å². The van der Waals surface area contributed by atoms with E-state index in [0.29, 0.717) is 30.1 Å². The molecule has 0 saturated heterocycles. The Morgan fingerprint density at radius 2 is 2.28 bits per heavy atom. The molecule has 2 amide bonds. The van der Waals surface area contributed by atoms with E-state index in [4.69, 9.17) is 0 Å². The molecule has 0 spiro atoms. The van der Waals surface area contributed by atoms with E-state index in [9.17, 15) is 14.0 Å². The summed E-state index contributed by atoms with van der Waals surface area (Å²) in [7, 11) is 0. The fraction of sp³-hybridized carbons (Fsp3) is 0.389. The van der Waals surface area contributed by atoms with Crippen LogP contribution in [0, 0.1) is 5.82 Å². The number of carbonyl (C=O) groups is 2. The number of thiazole rings is 1. The lowest BCUT2D eigenvalue weighted by Crippen LogP contribution is -2.36. The molecule has 132 valence electrons. The standard InChI is InChI=1S/C18H20FN3O2S/c1-10(2)18-21-12(9-25-18)5-6-20-17(24)14-8-16(23)22-15-4-3-11(19)7-13(14)15/h3-4,7,9-10,14H,5-6,8H2,1-2H3,(H,20,24)(H,22,23)/t14-/m0/s1. The van der Waals surface area contributed by atoms with E-state index in [0.717, 1.165) is 10.7 Å². The van der Waals surface area contributed by atoms with Gasteiger partial charge >= 0.3 is 0 Å². The Balaban J connectivity index is 1.63. The first kappa shape index (κ1) is 17.5. The number of carbonyl (C=O) groups excluding carboxylic acids is 2. The minimum absolute atomic E-state index is 0.0243. The minimum atomic E-state index is -0.666. The van der Waals surface area contributed by atoms with Crippen molar-refractivity contribution in [2.75, 3.05) is 11.9 Å². The molecule has 1 aromatic heterocycles. The number of nitrogens with one attached hydrogen (secondary N) is 2. The van der Waals surface area contributed by atoms with Crippen LogP contribution in [0.25, 0.3) is 0 Å².